The van der Waals surface area contributed by atoms with Crippen LogP contribution in [0.25, 0.3) is 0 Å². The van der Waals surface area contributed by atoms with E-state index in [1.165, 1.54) is 19.2 Å². The molecule has 0 bridgehead atoms. The summed E-state index contributed by atoms with van der Waals surface area (Å²) >= 11 is 5.59. The zero-order valence-corrected chi connectivity index (χ0v) is 10.3. The number of carbonyl (C=O) groups excluding carboxylic acids is 1. The van der Waals surface area contributed by atoms with Gasteiger partial charge in [-0.3, -0.25) is 4.79 Å². The molecular weight excluding hydrogens is 264 g/mol. The minimum atomic E-state index is -2.78. The van der Waals surface area contributed by atoms with Crippen LogP contribution in [0.3, 0.4) is 0 Å². The molecular formula is C12H10ClF2NO2. The number of rotatable bonds is 4. The molecule has 18 heavy (non-hydrogen) atoms. The SMILES string of the molecule is COC(=O)Cc1cc(C#N)c(C(F)F)c(CCl)c1. The van der Waals surface area contributed by atoms with Crippen LogP contribution in [0.1, 0.15) is 28.7 Å². The van der Waals surface area contributed by atoms with Gasteiger partial charge in [0.15, 0.2) is 0 Å². The second-order valence-corrected chi connectivity index (χ2v) is 3.78. The molecule has 0 aromatic heterocycles. The molecule has 0 aliphatic carbocycles. The van der Waals surface area contributed by atoms with E-state index in [0.29, 0.717) is 5.56 Å². The largest absolute Gasteiger partial charge is 0.469 e. The molecule has 3 nitrogen and oxygen atoms in total. The highest BCUT2D eigenvalue weighted by molar-refractivity contribution is 6.17. The van der Waals surface area contributed by atoms with Crippen molar-refractivity contribution in [2.45, 2.75) is 18.7 Å². The molecule has 96 valence electrons. The van der Waals surface area contributed by atoms with Gasteiger partial charge < -0.3 is 4.74 Å². The van der Waals surface area contributed by atoms with Gasteiger partial charge in [-0.1, -0.05) is 6.07 Å². The Kier molecular flexibility index (Phi) is 5.05. The molecule has 1 aromatic carbocycles. The van der Waals surface area contributed by atoms with Crippen LogP contribution in [0.15, 0.2) is 12.1 Å². The summed E-state index contributed by atoms with van der Waals surface area (Å²) in [6.45, 7) is 0. The Labute approximate surface area is 108 Å². The molecule has 0 aliphatic rings. The van der Waals surface area contributed by atoms with Crippen molar-refractivity contribution in [3.63, 3.8) is 0 Å². The van der Waals surface area contributed by atoms with Crippen LogP contribution in [0.4, 0.5) is 8.78 Å². The van der Waals surface area contributed by atoms with E-state index in [4.69, 9.17) is 16.9 Å². The maximum Gasteiger partial charge on any atom is 0.309 e. The third-order valence-electron chi connectivity index (χ3n) is 2.38. The van der Waals surface area contributed by atoms with Crippen LogP contribution in [0.2, 0.25) is 0 Å². The lowest BCUT2D eigenvalue weighted by Crippen LogP contribution is -2.07. The second kappa shape index (κ2) is 6.31. The van der Waals surface area contributed by atoms with E-state index in [0.717, 1.165) is 0 Å². The minimum Gasteiger partial charge on any atom is -0.469 e. The molecule has 0 fully saturated rings. The van der Waals surface area contributed by atoms with Gasteiger partial charge in [0.05, 0.1) is 25.2 Å². The highest BCUT2D eigenvalue weighted by atomic mass is 35.5. The van der Waals surface area contributed by atoms with Crippen molar-refractivity contribution in [2.24, 2.45) is 0 Å². The quantitative estimate of drug-likeness (QED) is 0.626. The fourth-order valence-corrected chi connectivity index (χ4v) is 1.80. The molecule has 0 radical (unpaired) electrons. The predicted molar refractivity (Wildman–Crippen MR) is 61.4 cm³/mol. The molecule has 0 atom stereocenters. The molecule has 0 saturated heterocycles. The van der Waals surface area contributed by atoms with E-state index in [1.54, 1.807) is 6.07 Å². The van der Waals surface area contributed by atoms with Crippen LogP contribution in [-0.4, -0.2) is 13.1 Å². The lowest BCUT2D eigenvalue weighted by molar-refractivity contribution is -0.139. The summed E-state index contributed by atoms with van der Waals surface area (Å²) in [5.74, 6) is -0.659. The first-order valence-electron chi connectivity index (χ1n) is 5.00. The van der Waals surface area contributed by atoms with E-state index in [1.807, 2.05) is 0 Å². The van der Waals surface area contributed by atoms with E-state index in [-0.39, 0.29) is 29.0 Å². The molecule has 0 spiro atoms. The summed E-state index contributed by atoms with van der Waals surface area (Å²) in [4.78, 5) is 11.1. The zero-order valence-electron chi connectivity index (χ0n) is 9.54. The summed E-state index contributed by atoms with van der Waals surface area (Å²) in [6.07, 6.45) is -2.86. The first-order chi connectivity index (χ1) is 8.53. The first kappa shape index (κ1) is 14.4. The molecule has 0 N–H and O–H groups in total. The number of nitrogens with zero attached hydrogens (tertiary/aromatic N) is 1. The molecule has 0 unspecified atom stereocenters. The predicted octanol–water partition coefficient (Wildman–Crippen LogP) is 2.95. The number of halogens is 3. The summed E-state index contributed by atoms with van der Waals surface area (Å²) in [6, 6.07) is 4.35. The molecule has 0 amide bonds. The van der Waals surface area contributed by atoms with Gasteiger partial charge in [0.1, 0.15) is 0 Å². The molecule has 1 rings (SSSR count). The Hall–Kier alpha value is -1.67. The Morgan fingerprint density at radius 3 is 2.67 bits per heavy atom. The van der Waals surface area contributed by atoms with Crippen LogP contribution in [0, 0.1) is 11.3 Å². The monoisotopic (exact) mass is 273 g/mol. The lowest BCUT2D eigenvalue weighted by Gasteiger charge is -2.11. The number of hydrogen-bond acceptors (Lipinski definition) is 3. The number of hydrogen-bond donors (Lipinski definition) is 0. The Bertz CT molecular complexity index is 498. The average molecular weight is 274 g/mol. The van der Waals surface area contributed by atoms with Gasteiger partial charge in [0.2, 0.25) is 0 Å². The van der Waals surface area contributed by atoms with Crippen molar-refractivity contribution in [1.82, 2.24) is 0 Å². The van der Waals surface area contributed by atoms with Crippen molar-refractivity contribution in [1.29, 1.82) is 5.26 Å². The fraction of sp³-hybridized carbons (Fsp3) is 0.333. The van der Waals surface area contributed by atoms with Gasteiger partial charge in [0.25, 0.3) is 6.43 Å². The first-order valence-corrected chi connectivity index (χ1v) is 5.53. The molecule has 0 aliphatic heterocycles. The fourth-order valence-electron chi connectivity index (χ4n) is 1.58. The Balaban J connectivity index is 3.27. The van der Waals surface area contributed by atoms with Gasteiger partial charge in [-0.25, -0.2) is 8.78 Å². The van der Waals surface area contributed by atoms with Gasteiger partial charge in [0, 0.05) is 11.4 Å². The zero-order chi connectivity index (χ0) is 13.7. The topological polar surface area (TPSA) is 50.1 Å². The lowest BCUT2D eigenvalue weighted by atomic mass is 9.98. The Morgan fingerprint density at radius 2 is 2.22 bits per heavy atom. The van der Waals surface area contributed by atoms with Gasteiger partial charge in [-0.15, -0.1) is 11.6 Å². The van der Waals surface area contributed by atoms with Gasteiger partial charge in [-0.2, -0.15) is 5.26 Å². The van der Waals surface area contributed by atoms with Crippen LogP contribution < -0.4 is 0 Å². The van der Waals surface area contributed by atoms with E-state index >= 15 is 0 Å². The van der Waals surface area contributed by atoms with Crippen molar-refractivity contribution in [2.75, 3.05) is 7.11 Å². The molecule has 0 saturated carbocycles. The second-order valence-electron chi connectivity index (χ2n) is 3.52. The van der Waals surface area contributed by atoms with Gasteiger partial charge >= 0.3 is 5.97 Å². The number of benzene rings is 1. The number of ether oxygens (including phenoxy) is 1. The summed E-state index contributed by atoms with van der Waals surface area (Å²) in [5.41, 5.74) is 0.0474. The number of alkyl halides is 3. The minimum absolute atomic E-state index is 0.0847. The average Bonchev–Trinajstić information content (AvgIpc) is 2.36. The van der Waals surface area contributed by atoms with E-state index in [9.17, 15) is 13.6 Å². The normalized spacial score (nSPS) is 10.2. The Morgan fingerprint density at radius 1 is 1.56 bits per heavy atom. The van der Waals surface area contributed by atoms with E-state index < -0.39 is 12.4 Å². The number of methoxy groups -OCH3 is 1. The summed E-state index contributed by atoms with van der Waals surface area (Å²) in [5, 5.41) is 8.86. The number of nitriles is 1. The standard InChI is InChI=1S/C12H10ClF2NO2/c1-18-10(17)4-7-2-8(5-13)11(12(14)15)9(3-7)6-16/h2-3,12H,4-5H2,1H3. The van der Waals surface area contributed by atoms with Crippen LogP contribution in [-0.2, 0) is 21.8 Å². The molecule has 1 aromatic rings. The third kappa shape index (κ3) is 3.17. The van der Waals surface area contributed by atoms with Crippen molar-refractivity contribution in [3.8, 4) is 6.07 Å². The number of esters is 1. The van der Waals surface area contributed by atoms with Crippen LogP contribution >= 0.6 is 11.6 Å². The van der Waals surface area contributed by atoms with Gasteiger partial charge in [-0.05, 0) is 17.2 Å². The highest BCUT2D eigenvalue weighted by Crippen LogP contribution is 2.29. The third-order valence-corrected chi connectivity index (χ3v) is 2.67. The summed E-state index contributed by atoms with van der Waals surface area (Å²) < 4.78 is 30.1. The maximum absolute atomic E-state index is 12.8. The molecule has 0 heterocycles. The summed E-state index contributed by atoms with van der Waals surface area (Å²) in [7, 11) is 1.23. The van der Waals surface area contributed by atoms with Crippen molar-refractivity contribution in [3.05, 3.63) is 34.4 Å². The van der Waals surface area contributed by atoms with Crippen molar-refractivity contribution >= 4 is 17.6 Å². The highest BCUT2D eigenvalue weighted by Gasteiger charge is 2.19. The van der Waals surface area contributed by atoms with Crippen molar-refractivity contribution < 1.29 is 18.3 Å². The smallest absolute Gasteiger partial charge is 0.309 e. The van der Waals surface area contributed by atoms with E-state index in [2.05, 4.69) is 4.74 Å². The van der Waals surface area contributed by atoms with Crippen LogP contribution in [0.5, 0.6) is 0 Å². The number of carbonyl (C=O) groups is 1. The molecule has 6 heteroatoms. The maximum atomic E-state index is 12.8.